The first-order chi connectivity index (χ1) is 10.2. The summed E-state index contributed by atoms with van der Waals surface area (Å²) in [4.78, 5) is 11.8. The lowest BCUT2D eigenvalue weighted by atomic mass is 9.98. The second kappa shape index (κ2) is 5.70. The van der Waals surface area contributed by atoms with Crippen molar-refractivity contribution >= 4 is 5.97 Å². The third-order valence-corrected chi connectivity index (χ3v) is 3.90. The van der Waals surface area contributed by atoms with E-state index in [1.165, 1.54) is 5.56 Å². The third kappa shape index (κ3) is 2.69. The van der Waals surface area contributed by atoms with E-state index in [1.54, 1.807) is 13.0 Å². The molecule has 0 saturated heterocycles. The van der Waals surface area contributed by atoms with Gasteiger partial charge in [-0.3, -0.25) is 0 Å². The number of hydrogen-bond acceptors (Lipinski definition) is 3. The number of esters is 1. The highest BCUT2D eigenvalue weighted by Gasteiger charge is 2.20. The Morgan fingerprint density at radius 2 is 2.05 bits per heavy atom. The summed E-state index contributed by atoms with van der Waals surface area (Å²) in [6.45, 7) is 2.16. The van der Waals surface area contributed by atoms with Gasteiger partial charge in [0, 0.05) is 0 Å². The summed E-state index contributed by atoms with van der Waals surface area (Å²) in [6.07, 6.45) is 1.36. The van der Waals surface area contributed by atoms with Gasteiger partial charge in [-0.05, 0) is 60.2 Å². The summed E-state index contributed by atoms with van der Waals surface area (Å²) < 4.78 is 5.03. The molecule has 0 aromatic heterocycles. The summed E-state index contributed by atoms with van der Waals surface area (Å²) in [7, 11) is 0. The van der Waals surface area contributed by atoms with Crippen LogP contribution in [0, 0.1) is 0 Å². The van der Waals surface area contributed by atoms with E-state index in [4.69, 9.17) is 4.74 Å². The molecule has 21 heavy (non-hydrogen) atoms. The van der Waals surface area contributed by atoms with Crippen molar-refractivity contribution in [3.63, 3.8) is 0 Å². The van der Waals surface area contributed by atoms with Gasteiger partial charge in [-0.25, -0.2) is 4.79 Å². The first kappa shape index (κ1) is 13.8. The van der Waals surface area contributed by atoms with Crippen molar-refractivity contribution in [1.29, 1.82) is 0 Å². The third-order valence-electron chi connectivity index (χ3n) is 3.90. The topological polar surface area (TPSA) is 46.5 Å². The van der Waals surface area contributed by atoms with Gasteiger partial charge in [0.15, 0.2) is 0 Å². The Kier molecular flexibility index (Phi) is 3.76. The number of fused-ring (bicyclic) bond motifs is 1. The maximum Gasteiger partial charge on any atom is 0.338 e. The normalized spacial score (nSPS) is 16.6. The molecule has 1 aliphatic carbocycles. The molecule has 108 valence electrons. The minimum atomic E-state index is -0.367. The lowest BCUT2D eigenvalue weighted by Crippen LogP contribution is -2.04. The summed E-state index contributed by atoms with van der Waals surface area (Å²) in [5.74, 6) is -0.305. The maximum absolute atomic E-state index is 11.8. The zero-order valence-corrected chi connectivity index (χ0v) is 12.0. The van der Waals surface area contributed by atoms with Gasteiger partial charge < -0.3 is 9.84 Å². The number of aliphatic hydroxyl groups is 1. The van der Waals surface area contributed by atoms with Gasteiger partial charge in [-0.2, -0.15) is 0 Å². The number of carbonyl (C=O) groups excluding carboxylic acids is 1. The first-order valence-electron chi connectivity index (χ1n) is 7.27. The number of aliphatic hydroxyl groups excluding tert-OH is 1. The molecule has 0 fully saturated rings. The molecule has 0 radical (unpaired) electrons. The van der Waals surface area contributed by atoms with Crippen LogP contribution in [0.1, 0.15) is 40.9 Å². The second-order valence-corrected chi connectivity index (χ2v) is 5.27. The molecule has 0 heterocycles. The predicted molar refractivity (Wildman–Crippen MR) is 81.1 cm³/mol. The van der Waals surface area contributed by atoms with Crippen LogP contribution in [0.15, 0.2) is 42.5 Å². The lowest BCUT2D eigenvalue weighted by molar-refractivity contribution is 0.0526. The molecular formula is C18H18O3. The number of aryl methyl sites for hydroxylation is 1. The average molecular weight is 282 g/mol. The highest BCUT2D eigenvalue weighted by Crippen LogP contribution is 2.34. The summed E-state index contributed by atoms with van der Waals surface area (Å²) in [5.41, 5.74) is 4.75. The van der Waals surface area contributed by atoms with E-state index >= 15 is 0 Å². The van der Waals surface area contributed by atoms with Crippen LogP contribution in [-0.4, -0.2) is 17.7 Å². The number of benzene rings is 2. The molecule has 3 rings (SSSR count). The number of ether oxygens (including phenoxy) is 1. The monoisotopic (exact) mass is 282 g/mol. The Hall–Kier alpha value is -2.13. The van der Waals surface area contributed by atoms with E-state index < -0.39 is 0 Å². The Morgan fingerprint density at radius 3 is 2.86 bits per heavy atom. The minimum absolute atomic E-state index is 0.305. The minimum Gasteiger partial charge on any atom is -0.462 e. The summed E-state index contributed by atoms with van der Waals surface area (Å²) >= 11 is 0. The fraction of sp³-hybridized carbons (Fsp3) is 0.278. The van der Waals surface area contributed by atoms with E-state index in [-0.39, 0.29) is 12.1 Å². The Bertz CT molecular complexity index is 676. The molecule has 0 saturated carbocycles. The fourth-order valence-electron chi connectivity index (χ4n) is 2.80. The van der Waals surface area contributed by atoms with Crippen LogP contribution in [0.25, 0.3) is 11.1 Å². The first-order valence-corrected chi connectivity index (χ1v) is 7.27. The van der Waals surface area contributed by atoms with E-state index in [2.05, 4.69) is 6.07 Å². The van der Waals surface area contributed by atoms with Gasteiger partial charge in [0.25, 0.3) is 0 Å². The molecule has 3 heteroatoms. The molecule has 1 aliphatic rings. The number of hydrogen-bond donors (Lipinski definition) is 1. The molecule has 2 aromatic carbocycles. The van der Waals surface area contributed by atoms with Crippen molar-refractivity contribution in [2.45, 2.75) is 25.9 Å². The molecule has 0 amide bonds. The van der Waals surface area contributed by atoms with Crippen LogP contribution < -0.4 is 0 Å². The molecular weight excluding hydrogens is 264 g/mol. The van der Waals surface area contributed by atoms with Crippen molar-refractivity contribution in [1.82, 2.24) is 0 Å². The van der Waals surface area contributed by atoms with E-state index in [0.717, 1.165) is 29.5 Å². The van der Waals surface area contributed by atoms with Gasteiger partial charge in [-0.15, -0.1) is 0 Å². The molecule has 0 bridgehead atoms. The average Bonchev–Trinajstić information content (AvgIpc) is 2.89. The van der Waals surface area contributed by atoms with Crippen molar-refractivity contribution in [3.05, 3.63) is 59.2 Å². The van der Waals surface area contributed by atoms with Crippen LogP contribution in [0.3, 0.4) is 0 Å². The summed E-state index contributed by atoms with van der Waals surface area (Å²) in [5, 5.41) is 9.99. The van der Waals surface area contributed by atoms with Crippen LogP contribution >= 0.6 is 0 Å². The van der Waals surface area contributed by atoms with Crippen molar-refractivity contribution in [2.75, 3.05) is 6.61 Å². The van der Waals surface area contributed by atoms with E-state index in [9.17, 15) is 9.90 Å². The van der Waals surface area contributed by atoms with Gasteiger partial charge >= 0.3 is 5.97 Å². The quantitative estimate of drug-likeness (QED) is 0.876. The Labute approximate surface area is 124 Å². The highest BCUT2D eigenvalue weighted by molar-refractivity contribution is 5.91. The molecule has 1 unspecified atom stereocenters. The molecule has 0 spiro atoms. The van der Waals surface area contributed by atoms with Crippen molar-refractivity contribution < 1.29 is 14.6 Å². The van der Waals surface area contributed by atoms with E-state index in [0.29, 0.717) is 12.2 Å². The van der Waals surface area contributed by atoms with Gasteiger partial charge in [-0.1, -0.05) is 24.3 Å². The molecule has 2 aromatic rings. The van der Waals surface area contributed by atoms with Gasteiger partial charge in [0.05, 0.1) is 18.3 Å². The predicted octanol–water partition coefficient (Wildman–Crippen LogP) is 3.51. The van der Waals surface area contributed by atoms with Crippen LogP contribution in [-0.2, 0) is 11.2 Å². The van der Waals surface area contributed by atoms with Gasteiger partial charge in [0.2, 0.25) is 0 Å². The zero-order valence-electron chi connectivity index (χ0n) is 12.0. The molecule has 1 atom stereocenters. The van der Waals surface area contributed by atoms with Crippen molar-refractivity contribution in [2.24, 2.45) is 0 Å². The van der Waals surface area contributed by atoms with Crippen molar-refractivity contribution in [3.8, 4) is 11.1 Å². The lowest BCUT2D eigenvalue weighted by Gasteiger charge is -2.09. The molecule has 3 nitrogen and oxygen atoms in total. The molecule has 1 N–H and O–H groups in total. The second-order valence-electron chi connectivity index (χ2n) is 5.27. The van der Waals surface area contributed by atoms with Crippen LogP contribution in [0.4, 0.5) is 0 Å². The van der Waals surface area contributed by atoms with Crippen LogP contribution in [0.5, 0.6) is 0 Å². The Morgan fingerprint density at radius 1 is 1.24 bits per heavy atom. The van der Waals surface area contributed by atoms with Crippen LogP contribution in [0.2, 0.25) is 0 Å². The fourth-order valence-corrected chi connectivity index (χ4v) is 2.80. The van der Waals surface area contributed by atoms with Gasteiger partial charge in [0.1, 0.15) is 0 Å². The zero-order chi connectivity index (χ0) is 14.8. The molecule has 0 aliphatic heterocycles. The van der Waals surface area contributed by atoms with E-state index in [1.807, 2.05) is 30.3 Å². The largest absolute Gasteiger partial charge is 0.462 e. The highest BCUT2D eigenvalue weighted by atomic mass is 16.5. The standard InChI is InChI=1S/C18H18O3/c1-2-21-18(20)15-5-3-4-13(10-15)14-7-6-12-8-9-17(19)16(12)11-14/h3-7,10-11,17,19H,2,8-9H2,1H3. The summed E-state index contributed by atoms with van der Waals surface area (Å²) in [6, 6.07) is 13.5. The SMILES string of the molecule is CCOC(=O)c1cccc(-c2ccc3c(c2)C(O)CC3)c1. The maximum atomic E-state index is 11.8. The Balaban J connectivity index is 1.96. The number of carbonyl (C=O) groups is 1. The smallest absolute Gasteiger partial charge is 0.338 e. The number of rotatable bonds is 3.